The molecular weight excluding hydrogens is 230 g/mol. The van der Waals surface area contributed by atoms with E-state index in [0.29, 0.717) is 19.5 Å². The number of amides is 2. The number of rotatable bonds is 3. The summed E-state index contributed by atoms with van der Waals surface area (Å²) in [6, 6.07) is -0.168. The molecule has 1 heterocycles. The van der Waals surface area contributed by atoms with Gasteiger partial charge in [-0.1, -0.05) is 20.8 Å². The average Bonchev–Trinajstić information content (AvgIpc) is 2.27. The second kappa shape index (κ2) is 5.69. The van der Waals surface area contributed by atoms with E-state index in [1.807, 2.05) is 20.8 Å². The van der Waals surface area contributed by atoms with Crippen LogP contribution in [0.1, 0.15) is 40.0 Å². The van der Waals surface area contributed by atoms with Crippen LogP contribution in [0.3, 0.4) is 0 Å². The molecule has 1 rings (SSSR count). The Kier molecular flexibility index (Phi) is 4.73. The third kappa shape index (κ3) is 3.98. The van der Waals surface area contributed by atoms with Crippen molar-refractivity contribution in [3.05, 3.63) is 0 Å². The van der Waals surface area contributed by atoms with Crippen LogP contribution in [0.25, 0.3) is 0 Å². The van der Waals surface area contributed by atoms with Crippen molar-refractivity contribution < 1.29 is 9.59 Å². The lowest BCUT2D eigenvalue weighted by Gasteiger charge is -2.34. The number of nitrogens with two attached hydrogens (primary N) is 2. The molecule has 0 bridgehead atoms. The van der Waals surface area contributed by atoms with Gasteiger partial charge in [0.2, 0.25) is 11.8 Å². The van der Waals surface area contributed by atoms with Crippen molar-refractivity contribution in [3.8, 4) is 0 Å². The van der Waals surface area contributed by atoms with Crippen LogP contribution in [0.5, 0.6) is 0 Å². The van der Waals surface area contributed by atoms with Crippen LogP contribution in [0.15, 0.2) is 0 Å². The lowest BCUT2D eigenvalue weighted by atomic mass is 9.85. The van der Waals surface area contributed by atoms with E-state index in [2.05, 4.69) is 0 Å². The fourth-order valence-electron chi connectivity index (χ4n) is 2.06. The Morgan fingerprint density at radius 2 is 2.00 bits per heavy atom. The number of hydrogen-bond donors (Lipinski definition) is 2. The second-order valence-corrected chi connectivity index (χ2v) is 6.26. The predicted octanol–water partition coefficient (Wildman–Crippen LogP) is 0.474. The first-order valence-corrected chi connectivity index (χ1v) is 6.54. The fraction of sp³-hybridized carbons (Fsp3) is 0.846. The molecule has 0 radical (unpaired) electrons. The van der Waals surface area contributed by atoms with Gasteiger partial charge in [-0.05, 0) is 18.3 Å². The largest absolute Gasteiger partial charge is 0.369 e. The molecule has 0 spiro atoms. The number of hydrogen-bond acceptors (Lipinski definition) is 3. The topological polar surface area (TPSA) is 89.4 Å². The van der Waals surface area contributed by atoms with Crippen molar-refractivity contribution in [1.29, 1.82) is 0 Å². The lowest BCUT2D eigenvalue weighted by molar-refractivity contribution is -0.135. The maximum absolute atomic E-state index is 12.1. The van der Waals surface area contributed by atoms with Gasteiger partial charge in [0.1, 0.15) is 0 Å². The fourth-order valence-corrected chi connectivity index (χ4v) is 2.06. The summed E-state index contributed by atoms with van der Waals surface area (Å²) < 4.78 is 0. The van der Waals surface area contributed by atoms with E-state index in [4.69, 9.17) is 11.5 Å². The summed E-state index contributed by atoms with van der Waals surface area (Å²) in [4.78, 5) is 25.0. The molecule has 1 aliphatic rings. The summed E-state index contributed by atoms with van der Waals surface area (Å²) >= 11 is 0. The first kappa shape index (κ1) is 15.0. The number of likely N-dealkylation sites (tertiary alicyclic amines) is 1. The lowest BCUT2D eigenvalue weighted by Crippen LogP contribution is -2.47. The maximum Gasteiger partial charge on any atom is 0.224 e. The number of primary amides is 1. The Hall–Kier alpha value is -1.10. The third-order valence-corrected chi connectivity index (χ3v) is 3.68. The molecule has 5 heteroatoms. The molecule has 0 aromatic carbocycles. The Labute approximate surface area is 109 Å². The molecule has 2 unspecified atom stereocenters. The molecule has 0 aromatic heterocycles. The van der Waals surface area contributed by atoms with Gasteiger partial charge in [-0.3, -0.25) is 9.59 Å². The molecule has 2 amide bonds. The van der Waals surface area contributed by atoms with Crippen LogP contribution in [0, 0.1) is 11.3 Å². The zero-order chi connectivity index (χ0) is 13.9. The predicted molar refractivity (Wildman–Crippen MR) is 70.5 cm³/mol. The van der Waals surface area contributed by atoms with Gasteiger partial charge in [0.15, 0.2) is 0 Å². The number of piperidine rings is 1. The maximum atomic E-state index is 12.1. The summed E-state index contributed by atoms with van der Waals surface area (Å²) in [5, 5.41) is 0. The van der Waals surface area contributed by atoms with Crippen molar-refractivity contribution in [1.82, 2.24) is 4.90 Å². The van der Waals surface area contributed by atoms with Crippen molar-refractivity contribution in [2.75, 3.05) is 13.1 Å². The highest BCUT2D eigenvalue weighted by Crippen LogP contribution is 2.22. The van der Waals surface area contributed by atoms with Gasteiger partial charge >= 0.3 is 0 Å². The molecule has 1 fully saturated rings. The zero-order valence-electron chi connectivity index (χ0n) is 11.6. The van der Waals surface area contributed by atoms with Crippen LogP contribution >= 0.6 is 0 Å². The standard InChI is InChI=1S/C13H25N3O2/c1-13(2,3)10(14)7-11(17)16-6-4-5-9(8-16)12(15)18/h9-10H,4-8,14H2,1-3H3,(H2,15,18). The second-order valence-electron chi connectivity index (χ2n) is 6.26. The summed E-state index contributed by atoms with van der Waals surface area (Å²) in [5.41, 5.74) is 11.2. The van der Waals surface area contributed by atoms with Crippen LogP contribution in [0.2, 0.25) is 0 Å². The first-order chi connectivity index (χ1) is 8.21. The van der Waals surface area contributed by atoms with Crippen molar-refractivity contribution in [2.24, 2.45) is 22.8 Å². The quantitative estimate of drug-likeness (QED) is 0.768. The minimum absolute atomic E-state index is 0.0309. The van der Waals surface area contributed by atoms with E-state index in [0.717, 1.165) is 12.8 Å². The molecule has 0 saturated carbocycles. The van der Waals surface area contributed by atoms with E-state index in [1.54, 1.807) is 4.90 Å². The van der Waals surface area contributed by atoms with Crippen LogP contribution in [-0.2, 0) is 9.59 Å². The van der Waals surface area contributed by atoms with E-state index in [1.165, 1.54) is 0 Å². The minimum Gasteiger partial charge on any atom is -0.369 e. The van der Waals surface area contributed by atoms with Crippen molar-refractivity contribution in [3.63, 3.8) is 0 Å². The highest BCUT2D eigenvalue weighted by molar-refractivity contribution is 5.80. The Morgan fingerprint density at radius 1 is 1.39 bits per heavy atom. The zero-order valence-corrected chi connectivity index (χ0v) is 11.6. The molecule has 2 atom stereocenters. The normalized spacial score (nSPS) is 22.7. The third-order valence-electron chi connectivity index (χ3n) is 3.68. The SMILES string of the molecule is CC(C)(C)C(N)CC(=O)N1CCCC(C(N)=O)C1. The van der Waals surface area contributed by atoms with Crippen LogP contribution in [-0.4, -0.2) is 35.8 Å². The molecule has 5 nitrogen and oxygen atoms in total. The van der Waals surface area contributed by atoms with Gasteiger partial charge < -0.3 is 16.4 Å². The van der Waals surface area contributed by atoms with Gasteiger partial charge in [0.25, 0.3) is 0 Å². The van der Waals surface area contributed by atoms with E-state index >= 15 is 0 Å². The van der Waals surface area contributed by atoms with E-state index in [-0.39, 0.29) is 29.2 Å². The molecule has 0 aliphatic carbocycles. The monoisotopic (exact) mass is 255 g/mol. The van der Waals surface area contributed by atoms with Crippen LogP contribution in [0.4, 0.5) is 0 Å². The highest BCUT2D eigenvalue weighted by atomic mass is 16.2. The summed E-state index contributed by atoms with van der Waals surface area (Å²) in [6.45, 7) is 7.22. The highest BCUT2D eigenvalue weighted by Gasteiger charge is 2.30. The summed E-state index contributed by atoms with van der Waals surface area (Å²) in [5.74, 6) is -0.482. The molecule has 4 N–H and O–H groups in total. The van der Waals surface area contributed by atoms with Gasteiger partial charge in [0.05, 0.1) is 5.92 Å². The Morgan fingerprint density at radius 3 is 2.50 bits per heavy atom. The Balaban J connectivity index is 2.54. The summed E-state index contributed by atoms with van der Waals surface area (Å²) in [6.07, 6.45) is 1.95. The molecular formula is C13H25N3O2. The molecule has 1 aliphatic heterocycles. The van der Waals surface area contributed by atoms with Gasteiger partial charge in [-0.25, -0.2) is 0 Å². The molecule has 104 valence electrons. The van der Waals surface area contributed by atoms with Crippen molar-refractivity contribution in [2.45, 2.75) is 46.1 Å². The molecule has 1 saturated heterocycles. The number of carbonyl (C=O) groups excluding carboxylic acids is 2. The number of carbonyl (C=O) groups is 2. The average molecular weight is 255 g/mol. The molecule has 0 aromatic rings. The van der Waals surface area contributed by atoms with E-state index in [9.17, 15) is 9.59 Å². The van der Waals surface area contributed by atoms with Crippen LogP contribution < -0.4 is 11.5 Å². The Bertz CT molecular complexity index is 323. The van der Waals surface area contributed by atoms with Gasteiger partial charge in [-0.2, -0.15) is 0 Å². The number of nitrogens with zero attached hydrogens (tertiary/aromatic N) is 1. The first-order valence-electron chi connectivity index (χ1n) is 6.54. The van der Waals surface area contributed by atoms with Crippen molar-refractivity contribution >= 4 is 11.8 Å². The van der Waals surface area contributed by atoms with Gasteiger partial charge in [-0.15, -0.1) is 0 Å². The smallest absolute Gasteiger partial charge is 0.224 e. The van der Waals surface area contributed by atoms with Gasteiger partial charge in [0, 0.05) is 25.6 Å². The van der Waals surface area contributed by atoms with E-state index < -0.39 is 0 Å². The minimum atomic E-state index is -0.312. The molecule has 18 heavy (non-hydrogen) atoms. The summed E-state index contributed by atoms with van der Waals surface area (Å²) in [7, 11) is 0.